The Bertz CT molecular complexity index is 270. The number of nitrogens with zero attached hydrogens (tertiary/aromatic N) is 1. The largest absolute Gasteiger partial charge is 1.00 e. The van der Waals surface area contributed by atoms with Crippen LogP contribution in [0.1, 0.15) is 96.8 Å². The average Bonchev–Trinajstić information content (AvgIpc) is 2.88. The van der Waals surface area contributed by atoms with E-state index in [0.29, 0.717) is 6.04 Å². The third-order valence-corrected chi connectivity index (χ3v) is 5.71. The maximum Gasteiger partial charge on any atom is 0.107 e. The highest BCUT2D eigenvalue weighted by molar-refractivity contribution is 8.93. The molecule has 0 aromatic carbocycles. The van der Waals surface area contributed by atoms with E-state index < -0.39 is 0 Å². The van der Waals surface area contributed by atoms with Crippen LogP contribution in [0.5, 0.6) is 0 Å². The molecule has 1 fully saturated rings. The summed E-state index contributed by atoms with van der Waals surface area (Å²) in [5.74, 6) is 7.43. The molecule has 0 amide bonds. The lowest BCUT2D eigenvalue weighted by Crippen LogP contribution is -3.00. The minimum Gasteiger partial charge on any atom is -1.00 e. The van der Waals surface area contributed by atoms with Crippen LogP contribution >= 0.6 is 28.6 Å². The van der Waals surface area contributed by atoms with Gasteiger partial charge in [0.2, 0.25) is 0 Å². The number of rotatable bonds is 14. The predicted molar refractivity (Wildman–Crippen MR) is 109 cm³/mol. The summed E-state index contributed by atoms with van der Waals surface area (Å²) in [5.41, 5.74) is 0. The summed E-state index contributed by atoms with van der Waals surface area (Å²) in [7, 11) is 0. The molecule has 24 heavy (non-hydrogen) atoms. The molecule has 0 aliphatic carbocycles. The number of unbranched alkanes of at least 4 members (excludes halogenated alkanes) is 9. The SMILES string of the molecule is Br.CCCCCCCCCCCC[N+]1(N)CCCC1CCCCl.[Br-]. The first kappa shape index (κ1) is 27.4. The number of hydrogen-bond donors (Lipinski definition) is 1. The zero-order chi connectivity index (χ0) is 16.1. The lowest BCUT2D eigenvalue weighted by Gasteiger charge is -2.34. The van der Waals surface area contributed by atoms with Gasteiger partial charge in [-0.3, -0.25) is 0 Å². The monoisotopic (exact) mass is 490 g/mol. The van der Waals surface area contributed by atoms with Crippen molar-refractivity contribution in [2.75, 3.05) is 19.0 Å². The van der Waals surface area contributed by atoms with Crippen LogP contribution in [0, 0.1) is 0 Å². The number of quaternary nitrogens is 1. The first-order valence-electron chi connectivity index (χ1n) is 9.94. The Balaban J connectivity index is 0. The molecule has 0 aromatic heterocycles. The molecule has 2 N–H and O–H groups in total. The quantitative estimate of drug-likeness (QED) is 0.171. The van der Waals surface area contributed by atoms with Gasteiger partial charge in [-0.05, 0) is 19.3 Å². The van der Waals surface area contributed by atoms with Crippen molar-refractivity contribution in [1.29, 1.82) is 0 Å². The van der Waals surface area contributed by atoms with Gasteiger partial charge in [-0.25, -0.2) is 4.59 Å². The molecule has 0 saturated carbocycles. The van der Waals surface area contributed by atoms with Gasteiger partial charge in [0.05, 0.1) is 13.1 Å². The summed E-state index contributed by atoms with van der Waals surface area (Å²) in [6.45, 7) is 4.65. The van der Waals surface area contributed by atoms with E-state index in [1.807, 2.05) is 0 Å². The van der Waals surface area contributed by atoms with Gasteiger partial charge in [-0.2, -0.15) is 5.84 Å². The Morgan fingerprint density at radius 1 is 0.917 bits per heavy atom. The molecule has 2 atom stereocenters. The summed E-state index contributed by atoms with van der Waals surface area (Å²) in [6.07, 6.45) is 19.0. The maximum atomic E-state index is 6.65. The minimum absolute atomic E-state index is 0. The molecule has 0 radical (unpaired) electrons. The molecule has 148 valence electrons. The molecule has 2 nitrogen and oxygen atoms in total. The third kappa shape index (κ3) is 11.7. The second-order valence-corrected chi connectivity index (χ2v) is 7.74. The van der Waals surface area contributed by atoms with E-state index in [9.17, 15) is 0 Å². The lowest BCUT2D eigenvalue weighted by atomic mass is 10.1. The highest BCUT2D eigenvalue weighted by Gasteiger charge is 2.38. The number of alkyl halides is 1. The van der Waals surface area contributed by atoms with Crippen molar-refractivity contribution in [2.45, 2.75) is 103 Å². The van der Waals surface area contributed by atoms with E-state index in [1.165, 1.54) is 96.6 Å². The first-order chi connectivity index (χ1) is 10.7. The van der Waals surface area contributed by atoms with Crippen LogP contribution in [0.25, 0.3) is 0 Å². The standard InChI is InChI=1S/C19H40ClN2.2BrH/c1-2-3-4-5-6-7-8-9-10-11-17-22(21)18-13-15-19(22)14-12-16-20;;/h19H,2-18,21H2,1H3;2*1H/q+1;;/p-1. The van der Waals surface area contributed by atoms with E-state index in [4.69, 9.17) is 17.4 Å². The van der Waals surface area contributed by atoms with Gasteiger partial charge in [0.25, 0.3) is 0 Å². The normalized spacial score (nSPS) is 22.9. The van der Waals surface area contributed by atoms with Gasteiger partial charge < -0.3 is 17.0 Å². The number of hydrogen-bond acceptors (Lipinski definition) is 1. The fourth-order valence-electron chi connectivity index (χ4n) is 3.96. The molecule has 0 bridgehead atoms. The molecule has 0 aromatic rings. The molecule has 1 saturated heterocycles. The molecule has 2 unspecified atom stereocenters. The minimum atomic E-state index is 0. The highest BCUT2D eigenvalue weighted by atomic mass is 79.9. The summed E-state index contributed by atoms with van der Waals surface area (Å²) in [5, 5.41) is 0. The molecular weight excluding hydrogens is 451 g/mol. The Labute approximate surface area is 177 Å². The Morgan fingerprint density at radius 3 is 2.00 bits per heavy atom. The first-order valence-corrected chi connectivity index (χ1v) is 10.5. The van der Waals surface area contributed by atoms with Crippen LogP contribution in [0.2, 0.25) is 0 Å². The zero-order valence-corrected chi connectivity index (χ0v) is 19.8. The molecule has 1 aliphatic rings. The van der Waals surface area contributed by atoms with Crippen molar-refractivity contribution < 1.29 is 21.6 Å². The Morgan fingerprint density at radius 2 is 1.46 bits per heavy atom. The topological polar surface area (TPSA) is 26.0 Å². The van der Waals surface area contributed by atoms with Crippen LogP contribution in [0.4, 0.5) is 0 Å². The van der Waals surface area contributed by atoms with E-state index in [-0.39, 0.29) is 34.0 Å². The Hall–Kier alpha value is 1.17. The summed E-state index contributed by atoms with van der Waals surface area (Å²) in [4.78, 5) is 0. The van der Waals surface area contributed by atoms with Gasteiger partial charge in [-0.1, -0.05) is 58.3 Å². The smallest absolute Gasteiger partial charge is 0.107 e. The van der Waals surface area contributed by atoms with Crippen LogP contribution in [0.15, 0.2) is 0 Å². The Kier molecular flexibility index (Phi) is 20.1. The van der Waals surface area contributed by atoms with Gasteiger partial charge >= 0.3 is 0 Å². The molecule has 1 aliphatic heterocycles. The van der Waals surface area contributed by atoms with Gasteiger partial charge in [0, 0.05) is 25.1 Å². The van der Waals surface area contributed by atoms with Gasteiger partial charge in [0.15, 0.2) is 0 Å². The molecular formula is C19H41Br2ClN2. The van der Waals surface area contributed by atoms with Crippen LogP contribution in [-0.2, 0) is 0 Å². The maximum absolute atomic E-state index is 6.65. The van der Waals surface area contributed by atoms with Crippen LogP contribution in [0.3, 0.4) is 0 Å². The fourth-order valence-corrected chi connectivity index (χ4v) is 4.12. The molecule has 1 rings (SSSR count). The second kappa shape index (κ2) is 17.6. The van der Waals surface area contributed by atoms with Crippen LogP contribution < -0.4 is 22.8 Å². The van der Waals surface area contributed by atoms with Crippen molar-refractivity contribution in [1.82, 2.24) is 0 Å². The van der Waals surface area contributed by atoms with E-state index in [1.54, 1.807) is 0 Å². The van der Waals surface area contributed by atoms with Crippen molar-refractivity contribution in [2.24, 2.45) is 5.84 Å². The van der Waals surface area contributed by atoms with Crippen molar-refractivity contribution in [3.05, 3.63) is 0 Å². The summed E-state index contributed by atoms with van der Waals surface area (Å²) >= 11 is 5.84. The second-order valence-electron chi connectivity index (χ2n) is 7.36. The zero-order valence-electron chi connectivity index (χ0n) is 15.8. The highest BCUT2D eigenvalue weighted by Crippen LogP contribution is 2.27. The fraction of sp³-hybridized carbons (Fsp3) is 1.00. The number of halogens is 3. The summed E-state index contributed by atoms with van der Waals surface area (Å²) in [6, 6.07) is 0.678. The van der Waals surface area contributed by atoms with Crippen molar-refractivity contribution in [3.8, 4) is 0 Å². The van der Waals surface area contributed by atoms with Crippen molar-refractivity contribution in [3.63, 3.8) is 0 Å². The van der Waals surface area contributed by atoms with Crippen LogP contribution in [-0.4, -0.2) is 29.6 Å². The van der Waals surface area contributed by atoms with E-state index in [0.717, 1.165) is 16.9 Å². The van der Waals surface area contributed by atoms with E-state index >= 15 is 0 Å². The van der Waals surface area contributed by atoms with Crippen molar-refractivity contribution >= 4 is 28.6 Å². The third-order valence-electron chi connectivity index (χ3n) is 5.44. The lowest BCUT2D eigenvalue weighted by molar-refractivity contribution is -0.951. The number of likely N-dealkylation sites (tertiary alicyclic amines) is 1. The average molecular weight is 493 g/mol. The predicted octanol–water partition coefficient (Wildman–Crippen LogP) is 3.36. The van der Waals surface area contributed by atoms with E-state index in [2.05, 4.69) is 6.92 Å². The molecule has 0 spiro atoms. The molecule has 1 heterocycles. The van der Waals surface area contributed by atoms with Gasteiger partial charge in [-0.15, -0.1) is 28.6 Å². The summed E-state index contributed by atoms with van der Waals surface area (Å²) < 4.78 is 0.841. The number of nitrogens with two attached hydrogens (primary N) is 1. The molecule has 5 heteroatoms. The van der Waals surface area contributed by atoms with Gasteiger partial charge in [0.1, 0.15) is 6.04 Å².